The third kappa shape index (κ3) is 2.33. The van der Waals surface area contributed by atoms with E-state index in [0.717, 1.165) is 18.7 Å². The molecule has 2 N–H and O–H groups in total. The van der Waals surface area contributed by atoms with Gasteiger partial charge in [0.05, 0.1) is 5.69 Å². The second-order valence-corrected chi connectivity index (χ2v) is 4.90. The Morgan fingerprint density at radius 2 is 2.38 bits per heavy atom. The van der Waals surface area contributed by atoms with E-state index in [0.29, 0.717) is 0 Å². The van der Waals surface area contributed by atoms with E-state index in [1.54, 1.807) is 11.3 Å². The number of nitrogens with zero attached hydrogens (tertiary/aromatic N) is 2. The SMILES string of the molecule is CCn1nc(C)cc1CC(N)c1cccs1. The van der Waals surface area contributed by atoms with Crippen LogP contribution in [0.25, 0.3) is 0 Å². The number of rotatable bonds is 4. The molecule has 0 aliphatic rings. The monoisotopic (exact) mass is 235 g/mol. The summed E-state index contributed by atoms with van der Waals surface area (Å²) in [6, 6.07) is 6.34. The van der Waals surface area contributed by atoms with E-state index in [1.807, 2.05) is 17.7 Å². The van der Waals surface area contributed by atoms with Gasteiger partial charge in [0, 0.05) is 29.6 Å². The van der Waals surface area contributed by atoms with Crippen molar-refractivity contribution in [1.82, 2.24) is 9.78 Å². The number of aromatic nitrogens is 2. The largest absolute Gasteiger partial charge is 0.323 e. The maximum absolute atomic E-state index is 6.17. The van der Waals surface area contributed by atoms with Crippen LogP contribution in [-0.4, -0.2) is 9.78 Å². The Bertz CT molecular complexity index is 445. The molecule has 0 spiro atoms. The molecule has 0 fully saturated rings. The molecular weight excluding hydrogens is 218 g/mol. The van der Waals surface area contributed by atoms with Crippen molar-refractivity contribution in [2.45, 2.75) is 32.9 Å². The maximum Gasteiger partial charge on any atom is 0.0596 e. The maximum atomic E-state index is 6.17. The Balaban J connectivity index is 2.14. The van der Waals surface area contributed by atoms with E-state index >= 15 is 0 Å². The average molecular weight is 235 g/mol. The van der Waals surface area contributed by atoms with Gasteiger partial charge in [0.2, 0.25) is 0 Å². The Morgan fingerprint density at radius 3 is 3.00 bits per heavy atom. The summed E-state index contributed by atoms with van der Waals surface area (Å²) in [5.74, 6) is 0. The van der Waals surface area contributed by atoms with Crippen LogP contribution in [0.3, 0.4) is 0 Å². The molecule has 86 valence electrons. The van der Waals surface area contributed by atoms with Crippen LogP contribution in [0, 0.1) is 6.92 Å². The van der Waals surface area contributed by atoms with Crippen LogP contribution in [0.2, 0.25) is 0 Å². The first-order valence-corrected chi connectivity index (χ1v) is 6.41. The van der Waals surface area contributed by atoms with Crippen LogP contribution < -0.4 is 5.73 Å². The molecule has 0 aliphatic carbocycles. The highest BCUT2D eigenvalue weighted by molar-refractivity contribution is 7.10. The molecule has 1 atom stereocenters. The van der Waals surface area contributed by atoms with Crippen LogP contribution in [0.4, 0.5) is 0 Å². The van der Waals surface area contributed by atoms with E-state index in [4.69, 9.17) is 5.73 Å². The van der Waals surface area contributed by atoms with Crippen molar-refractivity contribution in [1.29, 1.82) is 0 Å². The minimum atomic E-state index is 0.0846. The molecule has 2 heterocycles. The van der Waals surface area contributed by atoms with Gasteiger partial charge in [0.1, 0.15) is 0 Å². The third-order valence-corrected chi connectivity index (χ3v) is 3.63. The molecule has 2 rings (SSSR count). The smallest absolute Gasteiger partial charge is 0.0596 e. The van der Waals surface area contributed by atoms with Gasteiger partial charge in [0.15, 0.2) is 0 Å². The minimum Gasteiger partial charge on any atom is -0.323 e. The normalized spacial score (nSPS) is 12.9. The summed E-state index contributed by atoms with van der Waals surface area (Å²) in [6.45, 7) is 5.03. The van der Waals surface area contributed by atoms with Gasteiger partial charge in [-0.25, -0.2) is 0 Å². The first kappa shape index (κ1) is 11.4. The first-order chi connectivity index (χ1) is 7.70. The fourth-order valence-corrected chi connectivity index (χ4v) is 2.59. The van der Waals surface area contributed by atoms with E-state index in [-0.39, 0.29) is 6.04 Å². The Kier molecular flexibility index (Phi) is 3.41. The quantitative estimate of drug-likeness (QED) is 0.885. The molecule has 0 radical (unpaired) electrons. The fraction of sp³-hybridized carbons (Fsp3) is 0.417. The summed E-state index contributed by atoms with van der Waals surface area (Å²) in [5.41, 5.74) is 8.46. The van der Waals surface area contributed by atoms with Crippen molar-refractivity contribution in [3.63, 3.8) is 0 Å². The molecule has 16 heavy (non-hydrogen) atoms. The second-order valence-electron chi connectivity index (χ2n) is 3.92. The van der Waals surface area contributed by atoms with Crippen LogP contribution >= 0.6 is 11.3 Å². The molecule has 0 saturated heterocycles. The highest BCUT2D eigenvalue weighted by atomic mass is 32.1. The summed E-state index contributed by atoms with van der Waals surface area (Å²) in [7, 11) is 0. The van der Waals surface area contributed by atoms with Crippen molar-refractivity contribution >= 4 is 11.3 Å². The van der Waals surface area contributed by atoms with Crippen LogP contribution in [0.5, 0.6) is 0 Å². The number of thiophene rings is 1. The molecule has 0 aromatic carbocycles. The lowest BCUT2D eigenvalue weighted by atomic mass is 10.1. The van der Waals surface area contributed by atoms with Gasteiger partial charge in [-0.1, -0.05) is 6.07 Å². The molecule has 0 amide bonds. The molecule has 0 aliphatic heterocycles. The van der Waals surface area contributed by atoms with Gasteiger partial charge < -0.3 is 5.73 Å². The van der Waals surface area contributed by atoms with Crippen molar-refractivity contribution in [2.75, 3.05) is 0 Å². The molecule has 2 aromatic rings. The van der Waals surface area contributed by atoms with Gasteiger partial charge in [0.25, 0.3) is 0 Å². The zero-order chi connectivity index (χ0) is 11.5. The van der Waals surface area contributed by atoms with E-state index in [1.165, 1.54) is 10.6 Å². The zero-order valence-corrected chi connectivity index (χ0v) is 10.5. The van der Waals surface area contributed by atoms with Crippen LogP contribution in [0.15, 0.2) is 23.6 Å². The van der Waals surface area contributed by atoms with Crippen molar-refractivity contribution in [3.05, 3.63) is 39.8 Å². The number of hydrogen-bond acceptors (Lipinski definition) is 3. The summed E-state index contributed by atoms with van der Waals surface area (Å²) in [5, 5.41) is 6.50. The second kappa shape index (κ2) is 4.80. The van der Waals surface area contributed by atoms with Crippen LogP contribution in [0.1, 0.15) is 29.2 Å². The topological polar surface area (TPSA) is 43.8 Å². The molecule has 0 saturated carbocycles. The number of aryl methyl sites for hydroxylation is 2. The summed E-state index contributed by atoms with van der Waals surface area (Å²) >= 11 is 1.72. The lowest BCUT2D eigenvalue weighted by Crippen LogP contribution is -2.14. The molecule has 3 nitrogen and oxygen atoms in total. The lowest BCUT2D eigenvalue weighted by Gasteiger charge is -2.10. The highest BCUT2D eigenvalue weighted by Gasteiger charge is 2.11. The summed E-state index contributed by atoms with van der Waals surface area (Å²) in [6.07, 6.45) is 0.856. The molecule has 4 heteroatoms. The first-order valence-electron chi connectivity index (χ1n) is 5.53. The standard InChI is InChI=1S/C12H17N3S/c1-3-15-10(7-9(2)14-15)8-11(13)12-5-4-6-16-12/h4-7,11H,3,8,13H2,1-2H3. The van der Waals surface area contributed by atoms with Gasteiger partial charge in [-0.2, -0.15) is 5.10 Å². The Hall–Kier alpha value is -1.13. The van der Waals surface area contributed by atoms with Crippen molar-refractivity contribution in [3.8, 4) is 0 Å². The summed E-state index contributed by atoms with van der Waals surface area (Å²) in [4.78, 5) is 1.24. The highest BCUT2D eigenvalue weighted by Crippen LogP contribution is 2.21. The third-order valence-electron chi connectivity index (χ3n) is 2.62. The van der Waals surface area contributed by atoms with Gasteiger partial charge in [-0.3, -0.25) is 4.68 Å². The fourth-order valence-electron chi connectivity index (χ4n) is 1.87. The average Bonchev–Trinajstić information content (AvgIpc) is 2.87. The predicted octanol–water partition coefficient (Wildman–Crippen LogP) is 2.52. The van der Waals surface area contributed by atoms with E-state index < -0.39 is 0 Å². The van der Waals surface area contributed by atoms with Crippen molar-refractivity contribution in [2.24, 2.45) is 5.73 Å². The Morgan fingerprint density at radius 1 is 1.56 bits per heavy atom. The Labute approximate surface area is 99.9 Å². The molecular formula is C12H17N3S. The lowest BCUT2D eigenvalue weighted by molar-refractivity contribution is 0.590. The van der Waals surface area contributed by atoms with Crippen molar-refractivity contribution < 1.29 is 0 Å². The number of hydrogen-bond donors (Lipinski definition) is 1. The van der Waals surface area contributed by atoms with Crippen LogP contribution in [-0.2, 0) is 13.0 Å². The molecule has 2 aromatic heterocycles. The van der Waals surface area contributed by atoms with E-state index in [2.05, 4.69) is 29.5 Å². The minimum absolute atomic E-state index is 0.0846. The molecule has 0 bridgehead atoms. The van der Waals surface area contributed by atoms with E-state index in [9.17, 15) is 0 Å². The van der Waals surface area contributed by atoms with Gasteiger partial charge in [-0.05, 0) is 31.4 Å². The zero-order valence-electron chi connectivity index (χ0n) is 9.68. The van der Waals surface area contributed by atoms with Gasteiger partial charge >= 0.3 is 0 Å². The van der Waals surface area contributed by atoms with Gasteiger partial charge in [-0.15, -0.1) is 11.3 Å². The molecule has 1 unspecified atom stereocenters. The predicted molar refractivity (Wildman–Crippen MR) is 67.6 cm³/mol. The summed E-state index contributed by atoms with van der Waals surface area (Å²) < 4.78 is 2.03. The number of nitrogens with two attached hydrogens (primary N) is 1.